The van der Waals surface area contributed by atoms with E-state index in [1.54, 1.807) is 45.0 Å². The monoisotopic (exact) mass is 382 g/mol. The van der Waals surface area contributed by atoms with E-state index in [2.05, 4.69) is 0 Å². The van der Waals surface area contributed by atoms with E-state index in [1.165, 1.54) is 0 Å². The predicted octanol–water partition coefficient (Wildman–Crippen LogP) is 2.58. The number of benzene rings is 1. The van der Waals surface area contributed by atoms with Gasteiger partial charge in [-0.1, -0.05) is 30.3 Å². The fourth-order valence-electron chi connectivity index (χ4n) is 2.21. The van der Waals surface area contributed by atoms with Crippen LogP contribution in [0.2, 0.25) is 0 Å². The number of unbranched alkanes of at least 4 members (excludes halogenated alkanes) is 1. The van der Waals surface area contributed by atoms with Crippen LogP contribution in [0.1, 0.15) is 52.0 Å². The van der Waals surface area contributed by atoms with Gasteiger partial charge in [-0.15, -0.1) is 0 Å². The number of rotatable bonds is 9. The van der Waals surface area contributed by atoms with E-state index in [0.29, 0.717) is 6.42 Å². The molecule has 1 rings (SSSR count). The van der Waals surface area contributed by atoms with Gasteiger partial charge in [-0.2, -0.15) is 0 Å². The third-order valence-corrected chi connectivity index (χ3v) is 3.58. The molecule has 1 unspecified atom stereocenters. The largest absolute Gasteiger partial charge is 0.479 e. The van der Waals surface area contributed by atoms with Crippen molar-refractivity contribution in [1.29, 1.82) is 0 Å². The van der Waals surface area contributed by atoms with Crippen molar-refractivity contribution < 1.29 is 29.0 Å². The van der Waals surface area contributed by atoms with Crippen LogP contribution in [0.3, 0.4) is 0 Å². The predicted molar refractivity (Wildman–Crippen MR) is 100 cm³/mol. The molecule has 0 aliphatic rings. The Morgan fingerprint density at radius 1 is 1.07 bits per heavy atom. The van der Waals surface area contributed by atoms with Crippen molar-refractivity contribution in [3.63, 3.8) is 0 Å². The van der Waals surface area contributed by atoms with Crippen molar-refractivity contribution >= 4 is 17.9 Å². The first kappa shape index (κ1) is 24.6. The fourth-order valence-corrected chi connectivity index (χ4v) is 2.21. The lowest BCUT2D eigenvalue weighted by Gasteiger charge is -2.23. The van der Waals surface area contributed by atoms with Crippen LogP contribution < -0.4 is 11.9 Å². The first-order valence-corrected chi connectivity index (χ1v) is 8.50. The van der Waals surface area contributed by atoms with Crippen molar-refractivity contribution in [2.45, 2.75) is 64.2 Å². The van der Waals surface area contributed by atoms with Crippen LogP contribution in [-0.2, 0) is 30.5 Å². The van der Waals surface area contributed by atoms with Gasteiger partial charge in [-0.05, 0) is 45.6 Å². The van der Waals surface area contributed by atoms with Crippen molar-refractivity contribution in [1.82, 2.24) is 6.15 Å². The molecule has 27 heavy (non-hydrogen) atoms. The second kappa shape index (κ2) is 10.6. The number of hydrogen-bond acceptors (Lipinski definition) is 7. The van der Waals surface area contributed by atoms with E-state index in [1.807, 2.05) is 6.07 Å². The lowest BCUT2D eigenvalue weighted by atomic mass is 9.93. The summed E-state index contributed by atoms with van der Waals surface area (Å²) >= 11 is 0. The van der Waals surface area contributed by atoms with E-state index in [0.717, 1.165) is 5.56 Å². The molecule has 8 nitrogen and oxygen atoms in total. The van der Waals surface area contributed by atoms with Crippen LogP contribution in [0.5, 0.6) is 0 Å². The first-order valence-electron chi connectivity index (χ1n) is 8.50. The molecule has 1 aromatic rings. The molecule has 1 aromatic carbocycles. The van der Waals surface area contributed by atoms with Crippen molar-refractivity contribution in [2.75, 3.05) is 0 Å². The Labute approximate surface area is 159 Å². The lowest BCUT2D eigenvalue weighted by molar-refractivity contribution is -0.162. The minimum Gasteiger partial charge on any atom is -0.479 e. The van der Waals surface area contributed by atoms with Crippen LogP contribution in [0.4, 0.5) is 0 Å². The maximum atomic E-state index is 12.2. The molecule has 0 saturated heterocycles. The van der Waals surface area contributed by atoms with Crippen LogP contribution >= 0.6 is 0 Å². The average Bonchev–Trinajstić information content (AvgIpc) is 2.55. The Morgan fingerprint density at radius 2 is 1.67 bits per heavy atom. The maximum Gasteiger partial charge on any atom is 0.338 e. The highest BCUT2D eigenvalue weighted by Crippen LogP contribution is 2.17. The lowest BCUT2D eigenvalue weighted by Crippen LogP contribution is -2.55. The summed E-state index contributed by atoms with van der Waals surface area (Å²) in [5.74, 6) is -2.82. The van der Waals surface area contributed by atoms with E-state index < -0.39 is 23.1 Å². The third-order valence-electron chi connectivity index (χ3n) is 3.58. The Morgan fingerprint density at radius 3 is 2.19 bits per heavy atom. The molecule has 0 aliphatic heterocycles. The number of carboxylic acid groups (broad SMARTS) is 1. The van der Waals surface area contributed by atoms with Gasteiger partial charge in [0.2, 0.25) is 5.54 Å². The summed E-state index contributed by atoms with van der Waals surface area (Å²) in [6.45, 7) is 5.25. The Hall–Kier alpha value is -2.45. The van der Waals surface area contributed by atoms with Crippen LogP contribution in [-0.4, -0.2) is 34.2 Å². The SMILES string of the molecule is CC(C)(C)OC(=O)CCCCC(N)(C(=O)O)C(=O)OCc1ccccc1.N. The first-order chi connectivity index (χ1) is 12.0. The van der Waals surface area contributed by atoms with Crippen LogP contribution in [0, 0.1) is 0 Å². The van der Waals surface area contributed by atoms with Crippen molar-refractivity contribution in [3.8, 4) is 0 Å². The Kier molecular flexibility index (Phi) is 9.67. The minimum absolute atomic E-state index is 0. The van der Waals surface area contributed by atoms with Gasteiger partial charge >= 0.3 is 17.9 Å². The summed E-state index contributed by atoms with van der Waals surface area (Å²) in [7, 11) is 0. The molecule has 0 fully saturated rings. The van der Waals surface area contributed by atoms with Crippen LogP contribution in [0.25, 0.3) is 0 Å². The number of carbonyl (C=O) groups is 3. The molecule has 0 aromatic heterocycles. The normalized spacial score (nSPS) is 13.0. The summed E-state index contributed by atoms with van der Waals surface area (Å²) in [4.78, 5) is 35.3. The molecule has 0 spiro atoms. The van der Waals surface area contributed by atoms with Gasteiger partial charge in [-0.3, -0.25) is 4.79 Å². The maximum absolute atomic E-state index is 12.2. The summed E-state index contributed by atoms with van der Waals surface area (Å²) in [5.41, 5.74) is 3.80. The number of carboxylic acids is 1. The summed E-state index contributed by atoms with van der Waals surface area (Å²) in [6, 6.07) is 8.90. The molecule has 152 valence electrons. The summed E-state index contributed by atoms with van der Waals surface area (Å²) in [6.07, 6.45) is 0.653. The van der Waals surface area contributed by atoms with Crippen molar-refractivity contribution in [3.05, 3.63) is 35.9 Å². The molecule has 0 aliphatic carbocycles. The molecular formula is C19H30N2O6. The third kappa shape index (κ3) is 8.65. The number of hydrogen-bond donors (Lipinski definition) is 3. The van der Waals surface area contributed by atoms with Gasteiger partial charge < -0.3 is 26.5 Å². The molecular weight excluding hydrogens is 352 g/mol. The number of ether oxygens (including phenoxy) is 2. The van der Waals surface area contributed by atoms with Crippen LogP contribution in [0.15, 0.2) is 30.3 Å². The van der Waals surface area contributed by atoms with Gasteiger partial charge in [0.05, 0.1) is 0 Å². The molecule has 0 radical (unpaired) electrons. The standard InChI is InChI=1S/C19H27NO6.H3N/c1-18(2,3)26-15(21)11-7-8-12-19(20,16(22)23)17(24)25-13-14-9-5-4-6-10-14;/h4-6,9-10H,7-8,11-13,20H2,1-3H3,(H,22,23);1H3. The fraction of sp³-hybridized carbons (Fsp3) is 0.526. The van der Waals surface area contributed by atoms with Crippen molar-refractivity contribution in [2.24, 2.45) is 5.73 Å². The van der Waals surface area contributed by atoms with Gasteiger partial charge in [0.25, 0.3) is 0 Å². The second-order valence-corrected chi connectivity index (χ2v) is 7.13. The molecule has 0 amide bonds. The topological polar surface area (TPSA) is 151 Å². The number of esters is 2. The van der Waals surface area contributed by atoms with E-state index in [9.17, 15) is 19.5 Å². The average molecular weight is 382 g/mol. The number of nitrogens with two attached hydrogens (primary N) is 1. The number of aliphatic carboxylic acids is 1. The highest BCUT2D eigenvalue weighted by Gasteiger charge is 2.43. The highest BCUT2D eigenvalue weighted by atomic mass is 16.6. The molecule has 6 N–H and O–H groups in total. The minimum atomic E-state index is -2.14. The summed E-state index contributed by atoms with van der Waals surface area (Å²) in [5, 5.41) is 9.34. The Balaban J connectivity index is 0.00000676. The smallest absolute Gasteiger partial charge is 0.338 e. The molecule has 0 bridgehead atoms. The zero-order chi connectivity index (χ0) is 19.8. The van der Waals surface area contributed by atoms with Gasteiger partial charge in [-0.25, -0.2) is 9.59 Å². The zero-order valence-corrected chi connectivity index (χ0v) is 16.2. The molecule has 0 saturated carbocycles. The second-order valence-electron chi connectivity index (χ2n) is 7.13. The van der Waals surface area contributed by atoms with E-state index >= 15 is 0 Å². The molecule has 0 heterocycles. The highest BCUT2D eigenvalue weighted by molar-refractivity contribution is 6.03. The molecule has 8 heteroatoms. The van der Waals surface area contributed by atoms with E-state index in [-0.39, 0.29) is 38.0 Å². The molecule has 1 atom stereocenters. The zero-order valence-electron chi connectivity index (χ0n) is 16.2. The number of carbonyl (C=O) groups excluding carboxylic acids is 2. The van der Waals surface area contributed by atoms with Gasteiger partial charge in [0.15, 0.2) is 0 Å². The van der Waals surface area contributed by atoms with Gasteiger partial charge in [0.1, 0.15) is 12.2 Å². The summed E-state index contributed by atoms with van der Waals surface area (Å²) < 4.78 is 10.2. The van der Waals surface area contributed by atoms with Gasteiger partial charge in [0, 0.05) is 6.42 Å². The Bertz CT molecular complexity index is 627. The quantitative estimate of drug-likeness (QED) is 0.335. The van der Waals surface area contributed by atoms with E-state index in [4.69, 9.17) is 15.2 Å².